The van der Waals surface area contributed by atoms with Crippen molar-refractivity contribution < 1.29 is 0 Å². The van der Waals surface area contributed by atoms with E-state index in [-0.39, 0.29) is 35.4 Å². The molecule has 0 bridgehead atoms. The van der Waals surface area contributed by atoms with Gasteiger partial charge in [-0.15, -0.1) is 35.3 Å². The topological polar surface area (TPSA) is 67.1 Å². The molecule has 0 radical (unpaired) electrons. The molecule has 1 aliphatic carbocycles. The maximum Gasteiger partial charge on any atom is 0.191 e. The highest BCUT2D eigenvalue weighted by molar-refractivity contribution is 14.0. The molecule has 154 valence electrons. The zero-order valence-corrected chi connectivity index (χ0v) is 19.9. The Morgan fingerprint density at radius 3 is 2.86 bits per heavy atom. The minimum absolute atomic E-state index is 0. The van der Waals surface area contributed by atoms with Crippen LogP contribution in [0, 0.1) is 6.92 Å². The molecule has 2 aliphatic rings. The second-order valence-corrected chi connectivity index (χ2v) is 8.77. The third kappa shape index (κ3) is 4.53. The maximum atomic E-state index is 4.63. The van der Waals surface area contributed by atoms with Crippen molar-refractivity contribution in [3.8, 4) is 0 Å². The Kier molecular flexibility index (Phi) is 7.36. The van der Waals surface area contributed by atoms with Crippen LogP contribution in [0.5, 0.6) is 0 Å². The van der Waals surface area contributed by atoms with Crippen LogP contribution in [0.3, 0.4) is 0 Å². The van der Waals surface area contributed by atoms with E-state index in [0.717, 1.165) is 43.5 Å². The summed E-state index contributed by atoms with van der Waals surface area (Å²) in [7, 11) is 1.85. The molecule has 1 saturated carbocycles. The van der Waals surface area contributed by atoms with Gasteiger partial charge in [0.25, 0.3) is 0 Å². The normalized spacial score (nSPS) is 21.5. The Hall–Kier alpha value is -1.16. The maximum absolute atomic E-state index is 4.63. The SMILES string of the molecule is CN=C(NCC1(c2cccs2)CCCCC1)NC1CCCn2nc(C)nc21.I. The smallest absolute Gasteiger partial charge is 0.191 e. The number of guanidine groups is 1. The summed E-state index contributed by atoms with van der Waals surface area (Å²) in [6.07, 6.45) is 8.69. The lowest BCUT2D eigenvalue weighted by atomic mass is 9.73. The Morgan fingerprint density at radius 1 is 1.32 bits per heavy atom. The molecule has 0 saturated heterocycles. The van der Waals surface area contributed by atoms with Crippen LogP contribution in [-0.4, -0.2) is 34.3 Å². The molecule has 2 aromatic heterocycles. The van der Waals surface area contributed by atoms with Gasteiger partial charge in [-0.1, -0.05) is 25.3 Å². The van der Waals surface area contributed by atoms with E-state index in [1.54, 1.807) is 0 Å². The number of thiophene rings is 1. The number of hydrogen-bond acceptors (Lipinski definition) is 4. The molecule has 1 aliphatic heterocycles. The average molecular weight is 514 g/mol. The van der Waals surface area contributed by atoms with Gasteiger partial charge in [-0.2, -0.15) is 5.10 Å². The Balaban J connectivity index is 0.00000225. The third-order valence-electron chi connectivity index (χ3n) is 5.96. The van der Waals surface area contributed by atoms with Gasteiger partial charge in [0, 0.05) is 30.4 Å². The fourth-order valence-corrected chi connectivity index (χ4v) is 5.52. The van der Waals surface area contributed by atoms with Crippen LogP contribution in [-0.2, 0) is 12.0 Å². The molecule has 8 heteroatoms. The van der Waals surface area contributed by atoms with E-state index in [1.165, 1.54) is 37.0 Å². The molecule has 0 aromatic carbocycles. The molecule has 1 unspecified atom stereocenters. The number of aryl methyl sites for hydroxylation is 2. The summed E-state index contributed by atoms with van der Waals surface area (Å²) in [4.78, 5) is 10.6. The summed E-state index contributed by atoms with van der Waals surface area (Å²) < 4.78 is 2.04. The van der Waals surface area contributed by atoms with E-state index >= 15 is 0 Å². The van der Waals surface area contributed by atoms with E-state index < -0.39 is 0 Å². The number of fused-ring (bicyclic) bond motifs is 1. The van der Waals surface area contributed by atoms with Crippen LogP contribution >= 0.6 is 35.3 Å². The highest BCUT2D eigenvalue weighted by Gasteiger charge is 2.35. The van der Waals surface area contributed by atoms with Gasteiger partial charge in [0.1, 0.15) is 11.6 Å². The molecule has 28 heavy (non-hydrogen) atoms. The molecule has 0 amide bonds. The molecular weight excluding hydrogens is 483 g/mol. The number of aromatic nitrogens is 3. The summed E-state index contributed by atoms with van der Waals surface area (Å²) >= 11 is 1.89. The van der Waals surface area contributed by atoms with Crippen LogP contribution in [0.15, 0.2) is 22.5 Å². The Labute approximate surface area is 188 Å². The number of aliphatic imine (C=N–C) groups is 1. The summed E-state index contributed by atoms with van der Waals surface area (Å²) in [6, 6.07) is 4.66. The molecule has 3 heterocycles. The minimum Gasteiger partial charge on any atom is -0.355 e. The number of hydrogen-bond donors (Lipinski definition) is 2. The Morgan fingerprint density at radius 2 is 2.14 bits per heavy atom. The predicted molar refractivity (Wildman–Crippen MR) is 126 cm³/mol. The van der Waals surface area contributed by atoms with E-state index in [9.17, 15) is 0 Å². The predicted octanol–water partition coefficient (Wildman–Crippen LogP) is 4.17. The molecular formula is C20H31IN6S. The van der Waals surface area contributed by atoms with Crippen molar-refractivity contribution in [1.82, 2.24) is 25.4 Å². The summed E-state index contributed by atoms with van der Waals surface area (Å²) in [5.74, 6) is 2.75. The lowest BCUT2D eigenvalue weighted by molar-refractivity contribution is 0.295. The van der Waals surface area contributed by atoms with Crippen LogP contribution in [0.2, 0.25) is 0 Å². The molecule has 4 rings (SSSR count). The third-order valence-corrected chi connectivity index (χ3v) is 7.08. The number of halogens is 1. The van der Waals surface area contributed by atoms with E-state index in [0.29, 0.717) is 0 Å². The number of nitrogens with zero attached hydrogens (tertiary/aromatic N) is 4. The van der Waals surface area contributed by atoms with Crippen LogP contribution in [0.25, 0.3) is 0 Å². The molecule has 1 fully saturated rings. The zero-order chi connectivity index (χ0) is 18.7. The van der Waals surface area contributed by atoms with E-state index in [2.05, 4.69) is 43.2 Å². The first kappa shape index (κ1) is 21.5. The van der Waals surface area contributed by atoms with Gasteiger partial charge in [-0.25, -0.2) is 9.67 Å². The van der Waals surface area contributed by atoms with Crippen molar-refractivity contribution in [1.29, 1.82) is 0 Å². The highest BCUT2D eigenvalue weighted by atomic mass is 127. The van der Waals surface area contributed by atoms with Gasteiger partial charge in [0.05, 0.1) is 6.04 Å². The molecule has 2 aromatic rings. The van der Waals surface area contributed by atoms with Gasteiger partial charge < -0.3 is 10.6 Å². The van der Waals surface area contributed by atoms with E-state index in [4.69, 9.17) is 0 Å². The lowest BCUT2D eigenvalue weighted by Crippen LogP contribution is -2.47. The van der Waals surface area contributed by atoms with Gasteiger partial charge in [-0.3, -0.25) is 4.99 Å². The van der Waals surface area contributed by atoms with Crippen molar-refractivity contribution in [2.75, 3.05) is 13.6 Å². The quantitative estimate of drug-likeness (QED) is 0.365. The second kappa shape index (κ2) is 9.56. The van der Waals surface area contributed by atoms with Crippen molar-refractivity contribution in [3.05, 3.63) is 34.0 Å². The summed E-state index contributed by atoms with van der Waals surface area (Å²) in [5, 5.41) is 13.9. The minimum atomic E-state index is 0. The van der Waals surface area contributed by atoms with E-state index in [1.807, 2.05) is 30.0 Å². The number of nitrogens with one attached hydrogen (secondary N) is 2. The van der Waals surface area contributed by atoms with Gasteiger partial charge in [0.15, 0.2) is 5.96 Å². The fourth-order valence-electron chi connectivity index (χ4n) is 4.54. The first-order chi connectivity index (χ1) is 13.2. The molecule has 1 atom stereocenters. The van der Waals surface area contributed by atoms with Crippen molar-refractivity contribution in [2.45, 2.75) is 69.9 Å². The lowest BCUT2D eigenvalue weighted by Gasteiger charge is -2.37. The largest absolute Gasteiger partial charge is 0.355 e. The molecule has 6 nitrogen and oxygen atoms in total. The fraction of sp³-hybridized carbons (Fsp3) is 0.650. The molecule has 0 spiro atoms. The summed E-state index contributed by atoms with van der Waals surface area (Å²) in [5.41, 5.74) is 0.243. The van der Waals surface area contributed by atoms with Crippen molar-refractivity contribution in [3.63, 3.8) is 0 Å². The standard InChI is InChI=1S/C20H30N6S.HI/c1-15-23-18-16(8-6-12-26(18)25-15)24-19(21-2)22-14-20(10-4-3-5-11-20)17-9-7-13-27-17;/h7,9,13,16H,3-6,8,10-12,14H2,1-2H3,(H2,21,22,24);1H. The zero-order valence-electron chi connectivity index (χ0n) is 16.8. The second-order valence-electron chi connectivity index (χ2n) is 7.82. The summed E-state index contributed by atoms with van der Waals surface area (Å²) in [6.45, 7) is 3.86. The molecule has 2 N–H and O–H groups in total. The van der Waals surface area contributed by atoms with Gasteiger partial charge >= 0.3 is 0 Å². The first-order valence-electron chi connectivity index (χ1n) is 10.1. The van der Waals surface area contributed by atoms with Crippen LogP contribution in [0.4, 0.5) is 0 Å². The monoisotopic (exact) mass is 514 g/mol. The van der Waals surface area contributed by atoms with Crippen LogP contribution in [0.1, 0.15) is 67.5 Å². The van der Waals surface area contributed by atoms with Gasteiger partial charge in [-0.05, 0) is 44.1 Å². The Bertz CT molecular complexity index is 779. The highest BCUT2D eigenvalue weighted by Crippen LogP contribution is 2.41. The number of rotatable bonds is 4. The van der Waals surface area contributed by atoms with Gasteiger partial charge in [0.2, 0.25) is 0 Å². The average Bonchev–Trinajstić information content (AvgIpc) is 3.35. The first-order valence-corrected chi connectivity index (χ1v) is 11.0. The van der Waals surface area contributed by atoms with Crippen LogP contribution < -0.4 is 10.6 Å². The van der Waals surface area contributed by atoms with Crippen molar-refractivity contribution in [2.24, 2.45) is 4.99 Å². The van der Waals surface area contributed by atoms with Crippen molar-refractivity contribution >= 4 is 41.3 Å².